The van der Waals surface area contributed by atoms with Crippen molar-refractivity contribution >= 4 is 16.8 Å². The number of furan rings is 1. The molecule has 0 unspecified atom stereocenters. The van der Waals surface area contributed by atoms with Gasteiger partial charge >= 0.3 is 0 Å². The van der Waals surface area contributed by atoms with E-state index in [4.69, 9.17) is 9.15 Å². The average Bonchev–Trinajstić information content (AvgIpc) is 3.07. The van der Waals surface area contributed by atoms with E-state index < -0.39 is 0 Å². The number of aryl methyl sites for hydroxylation is 1. The van der Waals surface area contributed by atoms with Gasteiger partial charge in [0.25, 0.3) is 0 Å². The highest BCUT2D eigenvalue weighted by atomic mass is 16.5. The minimum absolute atomic E-state index is 0.126. The molecule has 3 rings (SSSR count). The zero-order chi connectivity index (χ0) is 12.0. The summed E-state index contributed by atoms with van der Waals surface area (Å²) in [5.41, 5.74) is 1.77. The Kier molecular flexibility index (Phi) is 2.21. The van der Waals surface area contributed by atoms with Gasteiger partial charge in [0.2, 0.25) is 5.78 Å². The Morgan fingerprint density at radius 2 is 2.12 bits per heavy atom. The molecule has 0 saturated heterocycles. The molecule has 0 bridgehead atoms. The molecule has 1 aliphatic carbocycles. The third kappa shape index (κ3) is 1.71. The number of hydrogen-bond acceptors (Lipinski definition) is 3. The van der Waals surface area contributed by atoms with Gasteiger partial charge in [-0.1, -0.05) is 0 Å². The predicted molar refractivity (Wildman–Crippen MR) is 64.6 cm³/mol. The Bertz CT molecular complexity index is 591. The highest BCUT2D eigenvalue weighted by molar-refractivity contribution is 6.01. The Labute approximate surface area is 99.4 Å². The first-order chi connectivity index (χ1) is 8.19. The molecule has 17 heavy (non-hydrogen) atoms. The van der Waals surface area contributed by atoms with Crippen LogP contribution in [-0.2, 0) is 0 Å². The number of hydrogen-bond donors (Lipinski definition) is 0. The van der Waals surface area contributed by atoms with Gasteiger partial charge in [0.1, 0.15) is 0 Å². The molecule has 3 heteroatoms. The number of ether oxygens (including phenoxy) is 1. The second kappa shape index (κ2) is 3.62. The summed E-state index contributed by atoms with van der Waals surface area (Å²) in [5.74, 6) is 1.46. The third-order valence-corrected chi connectivity index (χ3v) is 3.14. The zero-order valence-corrected chi connectivity index (χ0v) is 9.95. The number of rotatable bonds is 3. The van der Waals surface area contributed by atoms with Gasteiger partial charge in [0, 0.05) is 11.3 Å². The molecule has 0 atom stereocenters. The van der Waals surface area contributed by atoms with Crippen LogP contribution in [0.5, 0.6) is 5.75 Å². The fourth-order valence-corrected chi connectivity index (χ4v) is 2.08. The lowest BCUT2D eigenvalue weighted by molar-refractivity contribution is 0.0942. The van der Waals surface area contributed by atoms with Crippen molar-refractivity contribution in [3.8, 4) is 5.75 Å². The van der Waals surface area contributed by atoms with Crippen LogP contribution >= 0.6 is 0 Å². The van der Waals surface area contributed by atoms with Crippen LogP contribution in [0.15, 0.2) is 22.6 Å². The fraction of sp³-hybridized carbons (Fsp3) is 0.357. The quantitative estimate of drug-likeness (QED) is 0.759. The molecule has 1 aromatic carbocycles. The van der Waals surface area contributed by atoms with Crippen molar-refractivity contribution in [2.75, 3.05) is 7.11 Å². The van der Waals surface area contributed by atoms with Crippen LogP contribution in [0.2, 0.25) is 0 Å². The van der Waals surface area contributed by atoms with E-state index in [1.165, 1.54) is 0 Å². The van der Waals surface area contributed by atoms with E-state index >= 15 is 0 Å². The lowest BCUT2D eigenvalue weighted by Crippen LogP contribution is -1.98. The van der Waals surface area contributed by atoms with Crippen LogP contribution in [0.25, 0.3) is 11.0 Å². The van der Waals surface area contributed by atoms with Crippen molar-refractivity contribution in [3.63, 3.8) is 0 Å². The molecule has 1 fully saturated rings. The summed E-state index contributed by atoms with van der Waals surface area (Å²) in [7, 11) is 1.61. The Balaban J connectivity index is 2.14. The number of fused-ring (bicyclic) bond motifs is 1. The van der Waals surface area contributed by atoms with E-state index in [0.29, 0.717) is 17.1 Å². The molecule has 1 heterocycles. The first kappa shape index (κ1) is 10.4. The molecular weight excluding hydrogens is 216 g/mol. The van der Waals surface area contributed by atoms with Crippen molar-refractivity contribution in [2.24, 2.45) is 5.92 Å². The standard InChI is InChI=1S/C14H14O3/c1-8-5-10-7-11(13(15)9-3-4-9)17-14(10)12(6-8)16-2/h5-7,9H,3-4H2,1-2H3. The van der Waals surface area contributed by atoms with Crippen LogP contribution in [0.4, 0.5) is 0 Å². The van der Waals surface area contributed by atoms with Crippen molar-refractivity contribution < 1.29 is 13.9 Å². The van der Waals surface area contributed by atoms with E-state index in [2.05, 4.69) is 0 Å². The number of carbonyl (C=O) groups excluding carboxylic acids is 1. The minimum atomic E-state index is 0.126. The first-order valence-corrected chi connectivity index (χ1v) is 5.81. The Hall–Kier alpha value is -1.77. The smallest absolute Gasteiger partial charge is 0.201 e. The van der Waals surface area contributed by atoms with Crippen molar-refractivity contribution in [2.45, 2.75) is 19.8 Å². The van der Waals surface area contributed by atoms with Gasteiger partial charge in [-0.3, -0.25) is 4.79 Å². The highest BCUT2D eigenvalue weighted by Gasteiger charge is 2.32. The van der Waals surface area contributed by atoms with Crippen LogP contribution in [0.1, 0.15) is 29.0 Å². The van der Waals surface area contributed by atoms with Crippen LogP contribution in [-0.4, -0.2) is 12.9 Å². The van der Waals surface area contributed by atoms with E-state index in [1.807, 2.05) is 25.1 Å². The maximum atomic E-state index is 11.9. The fourth-order valence-electron chi connectivity index (χ4n) is 2.08. The molecule has 3 nitrogen and oxygen atoms in total. The van der Waals surface area contributed by atoms with Gasteiger partial charge < -0.3 is 9.15 Å². The van der Waals surface area contributed by atoms with E-state index in [0.717, 1.165) is 23.8 Å². The molecule has 1 aliphatic rings. The number of Topliss-reactive ketones (excluding diaryl/α,β-unsaturated/α-hetero) is 1. The Morgan fingerprint density at radius 3 is 2.76 bits per heavy atom. The van der Waals surface area contributed by atoms with E-state index in [1.54, 1.807) is 7.11 Å². The molecule has 1 saturated carbocycles. The number of benzene rings is 1. The van der Waals surface area contributed by atoms with Crippen LogP contribution in [0.3, 0.4) is 0 Å². The lowest BCUT2D eigenvalue weighted by atomic mass is 10.1. The van der Waals surface area contributed by atoms with Crippen LogP contribution in [0, 0.1) is 12.8 Å². The van der Waals surface area contributed by atoms with Crippen molar-refractivity contribution in [3.05, 3.63) is 29.5 Å². The zero-order valence-electron chi connectivity index (χ0n) is 9.95. The molecule has 1 aromatic heterocycles. The van der Waals surface area contributed by atoms with Gasteiger partial charge in [-0.05, 0) is 43.5 Å². The predicted octanol–water partition coefficient (Wildman–Crippen LogP) is 3.34. The summed E-state index contributed by atoms with van der Waals surface area (Å²) in [5, 5.41) is 0.936. The van der Waals surface area contributed by atoms with Gasteiger partial charge in [0.15, 0.2) is 17.1 Å². The van der Waals surface area contributed by atoms with Gasteiger partial charge in [-0.15, -0.1) is 0 Å². The summed E-state index contributed by atoms with van der Waals surface area (Å²) in [6.07, 6.45) is 1.98. The van der Waals surface area contributed by atoms with Crippen LogP contribution < -0.4 is 4.74 Å². The second-order valence-electron chi connectivity index (χ2n) is 4.63. The van der Waals surface area contributed by atoms with E-state index in [-0.39, 0.29) is 11.7 Å². The monoisotopic (exact) mass is 230 g/mol. The molecule has 0 N–H and O–H groups in total. The molecule has 88 valence electrons. The summed E-state index contributed by atoms with van der Waals surface area (Å²) in [6.45, 7) is 2.00. The maximum absolute atomic E-state index is 11.9. The number of carbonyl (C=O) groups is 1. The molecule has 2 aromatic rings. The summed E-state index contributed by atoms with van der Waals surface area (Å²) >= 11 is 0. The van der Waals surface area contributed by atoms with Gasteiger partial charge in [-0.25, -0.2) is 0 Å². The molecule has 0 aliphatic heterocycles. The average molecular weight is 230 g/mol. The SMILES string of the molecule is COc1cc(C)cc2cc(C(=O)C3CC3)oc12. The topological polar surface area (TPSA) is 39.4 Å². The van der Waals surface area contributed by atoms with Crippen molar-refractivity contribution in [1.29, 1.82) is 0 Å². The molecule has 0 radical (unpaired) electrons. The number of ketones is 1. The first-order valence-electron chi connectivity index (χ1n) is 5.81. The largest absolute Gasteiger partial charge is 0.493 e. The van der Waals surface area contributed by atoms with Gasteiger partial charge in [-0.2, -0.15) is 0 Å². The Morgan fingerprint density at radius 1 is 1.35 bits per heavy atom. The minimum Gasteiger partial charge on any atom is -0.493 e. The molecule has 0 amide bonds. The van der Waals surface area contributed by atoms with E-state index in [9.17, 15) is 4.79 Å². The van der Waals surface area contributed by atoms with Crippen molar-refractivity contribution in [1.82, 2.24) is 0 Å². The maximum Gasteiger partial charge on any atom is 0.201 e. The summed E-state index contributed by atoms with van der Waals surface area (Å²) in [6, 6.07) is 5.74. The normalized spacial score (nSPS) is 15.2. The lowest BCUT2D eigenvalue weighted by Gasteiger charge is -2.01. The second-order valence-corrected chi connectivity index (χ2v) is 4.63. The molecular formula is C14H14O3. The third-order valence-electron chi connectivity index (χ3n) is 3.14. The summed E-state index contributed by atoms with van der Waals surface area (Å²) < 4.78 is 10.9. The number of methoxy groups -OCH3 is 1. The highest BCUT2D eigenvalue weighted by Crippen LogP contribution is 2.36. The summed E-state index contributed by atoms with van der Waals surface area (Å²) in [4.78, 5) is 11.9. The molecule has 0 spiro atoms. The van der Waals surface area contributed by atoms with Gasteiger partial charge in [0.05, 0.1) is 7.11 Å².